The lowest BCUT2D eigenvalue weighted by molar-refractivity contribution is -0.0118. The van der Waals surface area contributed by atoms with E-state index in [2.05, 4.69) is 6.92 Å². The predicted octanol–water partition coefficient (Wildman–Crippen LogP) is 2.03. The van der Waals surface area contributed by atoms with E-state index >= 15 is 0 Å². The number of rotatable bonds is 20. The SMILES string of the molecule is CCCCCCOCCOCCOCCOCCOCCCO. The van der Waals surface area contributed by atoms with Gasteiger partial charge in [0.25, 0.3) is 0 Å². The molecule has 23 heavy (non-hydrogen) atoms. The average Bonchev–Trinajstić information content (AvgIpc) is 2.57. The molecule has 0 radical (unpaired) electrons. The van der Waals surface area contributed by atoms with Crippen LogP contribution in [0.3, 0.4) is 0 Å². The Morgan fingerprint density at radius 3 is 1.26 bits per heavy atom. The molecular weight excluding hydrogens is 300 g/mol. The maximum atomic E-state index is 8.56. The van der Waals surface area contributed by atoms with Crippen LogP contribution in [0.2, 0.25) is 0 Å². The van der Waals surface area contributed by atoms with Gasteiger partial charge < -0.3 is 28.8 Å². The number of aliphatic hydroxyl groups is 1. The first kappa shape index (κ1) is 22.8. The maximum Gasteiger partial charge on any atom is 0.0701 e. The zero-order valence-corrected chi connectivity index (χ0v) is 14.8. The summed E-state index contributed by atoms with van der Waals surface area (Å²) in [6.07, 6.45) is 5.61. The Bertz CT molecular complexity index is 184. The first-order valence-corrected chi connectivity index (χ1v) is 8.91. The molecule has 0 fully saturated rings. The second-order valence-electron chi connectivity index (χ2n) is 5.20. The molecule has 0 aromatic carbocycles. The van der Waals surface area contributed by atoms with Gasteiger partial charge in [-0.15, -0.1) is 0 Å². The molecule has 0 bridgehead atoms. The van der Waals surface area contributed by atoms with E-state index in [9.17, 15) is 0 Å². The zero-order valence-electron chi connectivity index (χ0n) is 14.8. The first-order chi connectivity index (χ1) is 11.4. The minimum Gasteiger partial charge on any atom is -0.396 e. The van der Waals surface area contributed by atoms with Crippen LogP contribution in [0, 0.1) is 0 Å². The second kappa shape index (κ2) is 21.8. The summed E-state index contributed by atoms with van der Waals surface area (Å²) in [5.41, 5.74) is 0. The first-order valence-electron chi connectivity index (χ1n) is 8.91. The van der Waals surface area contributed by atoms with Crippen molar-refractivity contribution in [2.75, 3.05) is 72.7 Å². The molecule has 0 rings (SSSR count). The molecule has 0 aromatic rings. The van der Waals surface area contributed by atoms with Crippen LogP contribution in [0.15, 0.2) is 0 Å². The lowest BCUT2D eigenvalue weighted by atomic mass is 10.2. The van der Waals surface area contributed by atoms with Crippen LogP contribution in [0.5, 0.6) is 0 Å². The maximum absolute atomic E-state index is 8.56. The molecule has 6 heteroatoms. The van der Waals surface area contributed by atoms with Crippen molar-refractivity contribution >= 4 is 0 Å². The van der Waals surface area contributed by atoms with Crippen molar-refractivity contribution in [2.45, 2.75) is 39.0 Å². The fraction of sp³-hybridized carbons (Fsp3) is 1.00. The van der Waals surface area contributed by atoms with Gasteiger partial charge in [-0.05, 0) is 12.8 Å². The van der Waals surface area contributed by atoms with E-state index in [-0.39, 0.29) is 6.61 Å². The third-order valence-electron chi connectivity index (χ3n) is 3.08. The summed E-state index contributed by atoms with van der Waals surface area (Å²) in [6.45, 7) is 8.47. The largest absolute Gasteiger partial charge is 0.396 e. The molecular formula is C17H36O6. The van der Waals surface area contributed by atoms with E-state index in [0.29, 0.717) is 65.9 Å². The highest BCUT2D eigenvalue weighted by atomic mass is 16.6. The summed E-state index contributed by atoms with van der Waals surface area (Å²) in [4.78, 5) is 0. The van der Waals surface area contributed by atoms with Crippen LogP contribution in [-0.4, -0.2) is 77.8 Å². The Kier molecular flexibility index (Phi) is 21.5. The Balaban J connectivity index is 2.92. The van der Waals surface area contributed by atoms with E-state index in [1.54, 1.807) is 0 Å². The number of hydrogen-bond acceptors (Lipinski definition) is 6. The van der Waals surface area contributed by atoms with E-state index in [1.807, 2.05) is 0 Å². The molecule has 0 aromatic heterocycles. The summed E-state index contributed by atoms with van der Waals surface area (Å²) < 4.78 is 26.9. The predicted molar refractivity (Wildman–Crippen MR) is 89.9 cm³/mol. The molecule has 0 amide bonds. The van der Waals surface area contributed by atoms with Crippen LogP contribution in [0.25, 0.3) is 0 Å². The standard InChI is InChI=1S/C17H36O6/c1-2-3-4-5-8-19-10-12-21-14-16-23-17-15-22-13-11-20-9-6-7-18/h18H,2-17H2,1H3. The van der Waals surface area contributed by atoms with Crippen LogP contribution in [0.1, 0.15) is 39.0 Å². The van der Waals surface area contributed by atoms with Gasteiger partial charge in [-0.2, -0.15) is 0 Å². The van der Waals surface area contributed by atoms with Crippen LogP contribution >= 0.6 is 0 Å². The van der Waals surface area contributed by atoms with Crippen LogP contribution in [0.4, 0.5) is 0 Å². The van der Waals surface area contributed by atoms with Gasteiger partial charge in [-0.3, -0.25) is 0 Å². The van der Waals surface area contributed by atoms with E-state index < -0.39 is 0 Å². The van der Waals surface area contributed by atoms with Gasteiger partial charge in [-0.1, -0.05) is 26.2 Å². The molecule has 0 spiro atoms. The summed E-state index contributed by atoms with van der Waals surface area (Å²) in [5, 5.41) is 8.56. The Hall–Kier alpha value is -0.240. The third kappa shape index (κ3) is 21.8. The number of unbranched alkanes of at least 4 members (excludes halogenated alkanes) is 3. The molecule has 140 valence electrons. The van der Waals surface area contributed by atoms with Gasteiger partial charge in [0.2, 0.25) is 0 Å². The van der Waals surface area contributed by atoms with Crippen molar-refractivity contribution < 1.29 is 28.8 Å². The molecule has 0 aliphatic heterocycles. The highest BCUT2D eigenvalue weighted by Crippen LogP contribution is 1.98. The highest BCUT2D eigenvalue weighted by molar-refractivity contribution is 4.40. The monoisotopic (exact) mass is 336 g/mol. The molecule has 6 nitrogen and oxygen atoms in total. The molecule has 0 aliphatic carbocycles. The van der Waals surface area contributed by atoms with E-state index in [1.165, 1.54) is 19.3 Å². The van der Waals surface area contributed by atoms with Crippen LogP contribution < -0.4 is 0 Å². The summed E-state index contributed by atoms with van der Waals surface area (Å²) in [5.74, 6) is 0. The summed E-state index contributed by atoms with van der Waals surface area (Å²) in [7, 11) is 0. The van der Waals surface area contributed by atoms with Gasteiger partial charge in [0.05, 0.1) is 52.9 Å². The molecule has 0 unspecified atom stereocenters. The molecule has 0 saturated carbocycles. The Morgan fingerprint density at radius 1 is 0.478 bits per heavy atom. The summed E-state index contributed by atoms with van der Waals surface area (Å²) >= 11 is 0. The van der Waals surface area contributed by atoms with Crippen molar-refractivity contribution in [3.63, 3.8) is 0 Å². The van der Waals surface area contributed by atoms with Crippen molar-refractivity contribution in [3.8, 4) is 0 Å². The zero-order chi connectivity index (χ0) is 16.8. The van der Waals surface area contributed by atoms with Gasteiger partial charge in [0.1, 0.15) is 0 Å². The Labute approximate surface area is 141 Å². The average molecular weight is 336 g/mol. The molecule has 0 aliphatic rings. The van der Waals surface area contributed by atoms with E-state index in [4.69, 9.17) is 28.8 Å². The van der Waals surface area contributed by atoms with Crippen molar-refractivity contribution in [1.82, 2.24) is 0 Å². The number of aliphatic hydroxyl groups excluding tert-OH is 1. The van der Waals surface area contributed by atoms with Gasteiger partial charge in [-0.25, -0.2) is 0 Å². The number of ether oxygens (including phenoxy) is 5. The molecule has 0 saturated heterocycles. The van der Waals surface area contributed by atoms with Crippen LogP contribution in [-0.2, 0) is 23.7 Å². The topological polar surface area (TPSA) is 66.4 Å². The third-order valence-corrected chi connectivity index (χ3v) is 3.08. The minimum absolute atomic E-state index is 0.169. The van der Waals surface area contributed by atoms with Gasteiger partial charge >= 0.3 is 0 Å². The number of hydrogen-bond donors (Lipinski definition) is 1. The molecule has 0 heterocycles. The Morgan fingerprint density at radius 2 is 0.870 bits per heavy atom. The minimum atomic E-state index is 0.169. The lowest BCUT2D eigenvalue weighted by Crippen LogP contribution is -2.13. The fourth-order valence-electron chi connectivity index (χ4n) is 1.78. The van der Waals surface area contributed by atoms with Crippen molar-refractivity contribution in [3.05, 3.63) is 0 Å². The molecule has 0 atom stereocenters. The summed E-state index contributed by atoms with van der Waals surface area (Å²) in [6, 6.07) is 0. The van der Waals surface area contributed by atoms with E-state index in [0.717, 1.165) is 13.0 Å². The van der Waals surface area contributed by atoms with Crippen molar-refractivity contribution in [1.29, 1.82) is 0 Å². The fourth-order valence-corrected chi connectivity index (χ4v) is 1.78. The van der Waals surface area contributed by atoms with Gasteiger partial charge in [0, 0.05) is 19.8 Å². The molecule has 1 N–H and O–H groups in total. The van der Waals surface area contributed by atoms with Crippen molar-refractivity contribution in [2.24, 2.45) is 0 Å². The normalized spacial score (nSPS) is 11.2. The highest BCUT2D eigenvalue weighted by Gasteiger charge is 1.94. The smallest absolute Gasteiger partial charge is 0.0701 e. The lowest BCUT2D eigenvalue weighted by Gasteiger charge is -2.07. The quantitative estimate of drug-likeness (QED) is 0.343. The van der Waals surface area contributed by atoms with Gasteiger partial charge in [0.15, 0.2) is 0 Å². The second-order valence-corrected chi connectivity index (χ2v) is 5.20.